The summed E-state index contributed by atoms with van der Waals surface area (Å²) >= 11 is 0. The van der Waals surface area contributed by atoms with Gasteiger partial charge in [0.1, 0.15) is 5.69 Å². The molecule has 1 heterocycles. The summed E-state index contributed by atoms with van der Waals surface area (Å²) in [5, 5.41) is 14.5. The van der Waals surface area contributed by atoms with Crippen LogP contribution in [0.1, 0.15) is 16.1 Å². The minimum atomic E-state index is -0.497. The van der Waals surface area contributed by atoms with E-state index in [9.17, 15) is 14.9 Å². The number of nitrogens with zero attached hydrogens (tertiary/aromatic N) is 4. The van der Waals surface area contributed by atoms with Crippen LogP contribution in [0.3, 0.4) is 0 Å². The molecule has 0 aliphatic heterocycles. The van der Waals surface area contributed by atoms with Crippen LogP contribution in [-0.2, 0) is 0 Å². The van der Waals surface area contributed by atoms with Gasteiger partial charge in [0.05, 0.1) is 16.7 Å². The van der Waals surface area contributed by atoms with Crippen LogP contribution in [0, 0.1) is 10.1 Å². The number of benzene rings is 1. The number of nitrogens with one attached hydrogen (secondary N) is 1. The number of amides is 1. The number of nitro benzene ring substituents is 1. The number of carbonyl (C=O) groups is 1. The minimum absolute atomic E-state index is 0.00394. The number of carbonyl (C=O) groups excluding carboxylic acids is 1. The molecule has 0 spiro atoms. The van der Waals surface area contributed by atoms with Crippen LogP contribution in [-0.4, -0.2) is 27.0 Å². The van der Waals surface area contributed by atoms with Crippen LogP contribution < -0.4 is 5.43 Å². The van der Waals surface area contributed by atoms with Gasteiger partial charge in [-0.2, -0.15) is 5.10 Å². The van der Waals surface area contributed by atoms with Crippen LogP contribution in [0.5, 0.6) is 0 Å². The first kappa shape index (κ1) is 15.0. The van der Waals surface area contributed by atoms with Crippen LogP contribution in [0.2, 0.25) is 0 Å². The smallest absolute Gasteiger partial charge is 0.265 e. The molecule has 22 heavy (non-hydrogen) atoms. The summed E-state index contributed by atoms with van der Waals surface area (Å²) in [7, 11) is 0. The second-order valence-electron chi connectivity index (χ2n) is 3.98. The highest BCUT2D eigenvalue weighted by atomic mass is 16.6. The summed E-state index contributed by atoms with van der Waals surface area (Å²) in [5.74, 6) is -0.497. The first-order chi connectivity index (χ1) is 10.7. The van der Waals surface area contributed by atoms with E-state index in [1.54, 1.807) is 18.2 Å². The van der Waals surface area contributed by atoms with Gasteiger partial charge in [0.15, 0.2) is 0 Å². The summed E-state index contributed by atoms with van der Waals surface area (Å²) in [6.45, 7) is 0. The highest BCUT2D eigenvalue weighted by molar-refractivity contribution is 5.92. The Morgan fingerprint density at radius 3 is 2.86 bits per heavy atom. The van der Waals surface area contributed by atoms with E-state index in [1.807, 2.05) is 0 Å². The quantitative estimate of drug-likeness (QED) is 0.514. The zero-order chi connectivity index (χ0) is 15.8. The lowest BCUT2D eigenvalue weighted by Crippen LogP contribution is -2.18. The van der Waals surface area contributed by atoms with E-state index in [1.165, 1.54) is 43.0 Å². The zero-order valence-corrected chi connectivity index (χ0v) is 11.3. The van der Waals surface area contributed by atoms with Gasteiger partial charge in [-0.05, 0) is 18.2 Å². The Bertz CT molecular complexity index is 728. The Kier molecular flexibility index (Phi) is 5.03. The number of aromatic nitrogens is 2. The maximum absolute atomic E-state index is 11.6. The Morgan fingerprint density at radius 1 is 1.32 bits per heavy atom. The summed E-state index contributed by atoms with van der Waals surface area (Å²) in [6.07, 6.45) is 8.48. The number of para-hydroxylation sites is 1. The van der Waals surface area contributed by atoms with Gasteiger partial charge < -0.3 is 0 Å². The first-order valence-electron chi connectivity index (χ1n) is 6.18. The van der Waals surface area contributed by atoms with Crippen molar-refractivity contribution in [1.82, 2.24) is 15.4 Å². The van der Waals surface area contributed by atoms with Crippen molar-refractivity contribution in [1.29, 1.82) is 0 Å². The van der Waals surface area contributed by atoms with Crippen molar-refractivity contribution in [2.45, 2.75) is 0 Å². The molecular weight excluding hydrogens is 286 g/mol. The number of nitro groups is 1. The molecule has 2 aromatic rings. The van der Waals surface area contributed by atoms with Gasteiger partial charge in [-0.3, -0.25) is 19.9 Å². The molecule has 1 amide bonds. The van der Waals surface area contributed by atoms with Crippen molar-refractivity contribution in [2.24, 2.45) is 5.10 Å². The van der Waals surface area contributed by atoms with Crippen molar-refractivity contribution < 1.29 is 9.72 Å². The lowest BCUT2D eigenvalue weighted by molar-refractivity contribution is -0.385. The number of allylic oxidation sites excluding steroid dienone is 1. The van der Waals surface area contributed by atoms with Gasteiger partial charge in [-0.25, -0.2) is 10.4 Å². The average molecular weight is 297 g/mol. The Hall–Kier alpha value is -3.42. The molecule has 1 N–H and O–H groups in total. The van der Waals surface area contributed by atoms with E-state index < -0.39 is 10.8 Å². The van der Waals surface area contributed by atoms with E-state index in [0.29, 0.717) is 5.56 Å². The third-order valence-corrected chi connectivity index (χ3v) is 2.53. The third kappa shape index (κ3) is 4.04. The molecule has 0 bridgehead atoms. The lowest BCUT2D eigenvalue weighted by Gasteiger charge is -1.96. The molecule has 1 aromatic heterocycles. The van der Waals surface area contributed by atoms with Crippen LogP contribution in [0.15, 0.2) is 54.0 Å². The molecule has 1 aromatic carbocycles. The fourth-order valence-corrected chi connectivity index (χ4v) is 1.55. The molecule has 0 saturated heterocycles. The van der Waals surface area contributed by atoms with Crippen molar-refractivity contribution in [3.8, 4) is 0 Å². The predicted molar refractivity (Wildman–Crippen MR) is 80.1 cm³/mol. The van der Waals surface area contributed by atoms with Gasteiger partial charge in [-0.1, -0.05) is 12.1 Å². The average Bonchev–Trinajstić information content (AvgIpc) is 2.55. The van der Waals surface area contributed by atoms with Crippen molar-refractivity contribution >= 4 is 23.9 Å². The number of rotatable bonds is 5. The molecule has 0 radical (unpaired) electrons. The van der Waals surface area contributed by atoms with Gasteiger partial charge in [0.25, 0.3) is 11.6 Å². The predicted octanol–water partition coefficient (Wildman–Crippen LogP) is 1.81. The molecule has 0 fully saturated rings. The molecule has 2 rings (SSSR count). The Labute approximate surface area is 125 Å². The van der Waals surface area contributed by atoms with Gasteiger partial charge in [-0.15, -0.1) is 0 Å². The van der Waals surface area contributed by atoms with Crippen LogP contribution >= 0.6 is 0 Å². The van der Waals surface area contributed by atoms with E-state index in [-0.39, 0.29) is 11.4 Å². The molecular formula is C14H11N5O3. The van der Waals surface area contributed by atoms with Crippen molar-refractivity contribution in [3.63, 3.8) is 0 Å². The molecule has 0 atom stereocenters. The Balaban J connectivity index is 1.96. The standard InChI is InChI=1S/C14H11N5O3/c20-14(12-10-15-8-9-16-12)18-17-7-3-5-11-4-1-2-6-13(11)19(21)22/h1-10H,(H,18,20)/b5-3-,17-7-. The third-order valence-electron chi connectivity index (χ3n) is 2.53. The highest BCUT2D eigenvalue weighted by Crippen LogP contribution is 2.18. The van der Waals surface area contributed by atoms with E-state index in [0.717, 1.165) is 0 Å². The van der Waals surface area contributed by atoms with Gasteiger partial charge in [0.2, 0.25) is 0 Å². The molecule has 110 valence electrons. The molecule has 0 aliphatic rings. The fourth-order valence-electron chi connectivity index (χ4n) is 1.55. The maximum atomic E-state index is 11.6. The van der Waals surface area contributed by atoms with Crippen molar-refractivity contribution in [2.75, 3.05) is 0 Å². The largest absolute Gasteiger partial charge is 0.291 e. The number of hydrogen-bond donors (Lipinski definition) is 1. The van der Waals surface area contributed by atoms with E-state index in [4.69, 9.17) is 0 Å². The van der Waals surface area contributed by atoms with E-state index >= 15 is 0 Å². The van der Waals surface area contributed by atoms with E-state index in [2.05, 4.69) is 20.5 Å². The first-order valence-corrected chi connectivity index (χ1v) is 6.18. The number of hydrogen-bond acceptors (Lipinski definition) is 6. The highest BCUT2D eigenvalue weighted by Gasteiger charge is 2.08. The minimum Gasteiger partial charge on any atom is -0.265 e. The molecule has 8 heteroatoms. The lowest BCUT2D eigenvalue weighted by atomic mass is 10.2. The monoisotopic (exact) mass is 297 g/mol. The van der Waals surface area contributed by atoms with Gasteiger partial charge in [0, 0.05) is 24.7 Å². The fraction of sp³-hybridized carbons (Fsp3) is 0. The second-order valence-corrected chi connectivity index (χ2v) is 3.98. The molecule has 0 unspecified atom stereocenters. The molecule has 8 nitrogen and oxygen atoms in total. The van der Waals surface area contributed by atoms with Crippen LogP contribution in [0.25, 0.3) is 6.08 Å². The summed E-state index contributed by atoms with van der Waals surface area (Å²) in [4.78, 5) is 29.5. The molecule has 0 aliphatic carbocycles. The normalized spacial score (nSPS) is 10.9. The summed E-state index contributed by atoms with van der Waals surface area (Å²) in [6, 6.07) is 6.30. The van der Waals surface area contributed by atoms with Gasteiger partial charge >= 0.3 is 0 Å². The number of hydrazone groups is 1. The summed E-state index contributed by atoms with van der Waals surface area (Å²) < 4.78 is 0. The maximum Gasteiger partial charge on any atom is 0.291 e. The summed E-state index contributed by atoms with van der Waals surface area (Å²) in [5.41, 5.74) is 2.85. The second kappa shape index (κ2) is 7.39. The van der Waals surface area contributed by atoms with Crippen molar-refractivity contribution in [3.05, 3.63) is 70.3 Å². The SMILES string of the molecule is O=C(N/N=C\C=C/c1ccccc1[N+](=O)[O-])c1cnccn1. The topological polar surface area (TPSA) is 110 Å². The Morgan fingerprint density at radius 2 is 2.14 bits per heavy atom. The zero-order valence-electron chi connectivity index (χ0n) is 11.3. The van der Waals surface area contributed by atoms with Crippen LogP contribution in [0.4, 0.5) is 5.69 Å². The molecule has 0 saturated carbocycles.